The molecule has 3 heterocycles. The standard InChI is InChI=1S/C20H21N3O4S/c1-3-28(24,25)23-12-18(13-23)27-17-9-16(10-21-11-17)14-4-6-19-15(8-14)5-7-20(22-19)26-2/h4-11,18H,3,12-13H2,1-2H3. The average molecular weight is 399 g/mol. The maximum Gasteiger partial charge on any atom is 0.214 e. The number of nitrogens with zero attached hydrogens (tertiary/aromatic N) is 3. The molecule has 0 bridgehead atoms. The van der Waals surface area contributed by atoms with Crippen LogP contribution in [0.3, 0.4) is 0 Å². The van der Waals surface area contributed by atoms with Crippen LogP contribution in [0.4, 0.5) is 0 Å². The van der Waals surface area contributed by atoms with Crippen LogP contribution in [-0.2, 0) is 10.0 Å². The van der Waals surface area contributed by atoms with E-state index in [-0.39, 0.29) is 11.9 Å². The van der Waals surface area contributed by atoms with Crippen LogP contribution in [0.25, 0.3) is 22.0 Å². The van der Waals surface area contributed by atoms with Crippen molar-refractivity contribution < 1.29 is 17.9 Å². The lowest BCUT2D eigenvalue weighted by molar-refractivity contribution is 0.0760. The molecule has 0 saturated carbocycles. The number of methoxy groups -OCH3 is 1. The van der Waals surface area contributed by atoms with E-state index in [1.54, 1.807) is 26.4 Å². The summed E-state index contributed by atoms with van der Waals surface area (Å²) in [6, 6.07) is 11.7. The van der Waals surface area contributed by atoms with E-state index in [1.807, 2.05) is 36.4 Å². The van der Waals surface area contributed by atoms with Crippen molar-refractivity contribution in [1.29, 1.82) is 0 Å². The molecule has 8 heteroatoms. The molecule has 146 valence electrons. The van der Waals surface area contributed by atoms with Gasteiger partial charge < -0.3 is 9.47 Å². The number of benzene rings is 1. The van der Waals surface area contributed by atoms with Gasteiger partial charge in [-0.2, -0.15) is 4.31 Å². The first-order valence-corrected chi connectivity index (χ1v) is 10.6. The second kappa shape index (κ2) is 7.37. The average Bonchev–Trinajstić information content (AvgIpc) is 2.69. The van der Waals surface area contributed by atoms with Gasteiger partial charge in [0.2, 0.25) is 15.9 Å². The normalized spacial score (nSPS) is 15.4. The Morgan fingerprint density at radius 2 is 1.93 bits per heavy atom. The first kappa shape index (κ1) is 18.6. The minimum absolute atomic E-state index is 0.111. The van der Waals surface area contributed by atoms with E-state index in [4.69, 9.17) is 9.47 Å². The fourth-order valence-corrected chi connectivity index (χ4v) is 4.27. The van der Waals surface area contributed by atoms with Crippen molar-refractivity contribution in [2.75, 3.05) is 26.0 Å². The smallest absolute Gasteiger partial charge is 0.214 e. The number of aromatic nitrogens is 2. The monoisotopic (exact) mass is 399 g/mol. The Morgan fingerprint density at radius 1 is 1.11 bits per heavy atom. The highest BCUT2D eigenvalue weighted by molar-refractivity contribution is 7.89. The Balaban J connectivity index is 1.50. The topological polar surface area (TPSA) is 81.6 Å². The van der Waals surface area contributed by atoms with Gasteiger partial charge in [0.25, 0.3) is 0 Å². The van der Waals surface area contributed by atoms with Gasteiger partial charge in [-0.3, -0.25) is 4.98 Å². The van der Waals surface area contributed by atoms with Crippen molar-refractivity contribution >= 4 is 20.9 Å². The number of hydrogen-bond donors (Lipinski definition) is 0. The van der Waals surface area contributed by atoms with Gasteiger partial charge >= 0.3 is 0 Å². The number of sulfonamides is 1. The second-order valence-corrected chi connectivity index (χ2v) is 8.89. The Morgan fingerprint density at radius 3 is 2.68 bits per heavy atom. The number of rotatable bonds is 6. The predicted octanol–water partition coefficient (Wildman–Crippen LogP) is 2.72. The molecule has 7 nitrogen and oxygen atoms in total. The highest BCUT2D eigenvalue weighted by Gasteiger charge is 2.36. The van der Waals surface area contributed by atoms with E-state index in [0.29, 0.717) is 24.7 Å². The number of ether oxygens (including phenoxy) is 2. The van der Waals surface area contributed by atoms with Crippen molar-refractivity contribution in [3.63, 3.8) is 0 Å². The van der Waals surface area contributed by atoms with E-state index < -0.39 is 10.0 Å². The molecule has 28 heavy (non-hydrogen) atoms. The summed E-state index contributed by atoms with van der Waals surface area (Å²) in [5.41, 5.74) is 2.78. The molecule has 0 unspecified atom stereocenters. The molecule has 0 spiro atoms. The zero-order valence-electron chi connectivity index (χ0n) is 15.7. The zero-order valence-corrected chi connectivity index (χ0v) is 16.5. The third-order valence-corrected chi connectivity index (χ3v) is 6.61. The summed E-state index contributed by atoms with van der Waals surface area (Å²) in [6.45, 7) is 2.40. The fourth-order valence-electron chi connectivity index (χ4n) is 3.12. The molecular formula is C20H21N3O4S. The molecule has 1 aliphatic heterocycles. The van der Waals surface area contributed by atoms with Gasteiger partial charge in [-0.15, -0.1) is 0 Å². The molecule has 1 saturated heterocycles. The molecule has 2 aromatic heterocycles. The van der Waals surface area contributed by atoms with E-state index in [2.05, 4.69) is 9.97 Å². The molecular weight excluding hydrogens is 378 g/mol. The first-order valence-electron chi connectivity index (χ1n) is 9.03. The van der Waals surface area contributed by atoms with Crippen LogP contribution < -0.4 is 9.47 Å². The van der Waals surface area contributed by atoms with Gasteiger partial charge in [0.05, 0.1) is 37.7 Å². The quantitative estimate of drug-likeness (QED) is 0.634. The van der Waals surface area contributed by atoms with E-state index in [1.165, 1.54) is 4.31 Å². The third kappa shape index (κ3) is 3.65. The third-order valence-electron chi connectivity index (χ3n) is 4.79. The zero-order chi connectivity index (χ0) is 19.7. The molecule has 0 N–H and O–H groups in total. The molecule has 3 aromatic rings. The number of pyridine rings is 2. The maximum absolute atomic E-state index is 11.8. The highest BCUT2D eigenvalue weighted by atomic mass is 32.2. The molecule has 0 aliphatic carbocycles. The molecule has 1 fully saturated rings. The predicted molar refractivity (Wildman–Crippen MR) is 107 cm³/mol. The minimum atomic E-state index is -3.14. The molecule has 1 aromatic carbocycles. The molecule has 0 radical (unpaired) electrons. The van der Waals surface area contributed by atoms with E-state index >= 15 is 0 Å². The van der Waals surface area contributed by atoms with Crippen LogP contribution in [0.15, 0.2) is 48.8 Å². The van der Waals surface area contributed by atoms with Crippen LogP contribution in [0.2, 0.25) is 0 Å². The van der Waals surface area contributed by atoms with Gasteiger partial charge in [-0.1, -0.05) is 6.07 Å². The summed E-state index contributed by atoms with van der Waals surface area (Å²) in [5, 5.41) is 1.00. The second-order valence-electron chi connectivity index (χ2n) is 6.63. The summed E-state index contributed by atoms with van der Waals surface area (Å²) < 4.78 is 36.1. The SMILES string of the molecule is CCS(=O)(=O)N1CC(Oc2cncc(-c3ccc4nc(OC)ccc4c3)c2)C1. The van der Waals surface area contributed by atoms with Crippen molar-refractivity contribution in [3.8, 4) is 22.8 Å². The first-order chi connectivity index (χ1) is 13.5. The van der Waals surface area contributed by atoms with E-state index in [0.717, 1.165) is 22.0 Å². The maximum atomic E-state index is 11.8. The highest BCUT2D eigenvalue weighted by Crippen LogP contribution is 2.28. The van der Waals surface area contributed by atoms with Crippen molar-refractivity contribution in [2.45, 2.75) is 13.0 Å². The van der Waals surface area contributed by atoms with Crippen LogP contribution in [-0.4, -0.2) is 54.7 Å². The van der Waals surface area contributed by atoms with Crippen LogP contribution >= 0.6 is 0 Å². The summed E-state index contributed by atoms with van der Waals surface area (Å²) in [4.78, 5) is 8.69. The lowest BCUT2D eigenvalue weighted by atomic mass is 10.0. The summed E-state index contributed by atoms with van der Waals surface area (Å²) in [6.07, 6.45) is 3.28. The Bertz CT molecular complexity index is 1110. The van der Waals surface area contributed by atoms with Crippen LogP contribution in [0.5, 0.6) is 11.6 Å². The minimum Gasteiger partial charge on any atom is -0.486 e. The molecule has 0 amide bonds. The largest absolute Gasteiger partial charge is 0.486 e. The molecule has 0 atom stereocenters. The van der Waals surface area contributed by atoms with Crippen molar-refractivity contribution in [3.05, 3.63) is 48.8 Å². The van der Waals surface area contributed by atoms with Crippen LogP contribution in [0.1, 0.15) is 6.92 Å². The van der Waals surface area contributed by atoms with Crippen LogP contribution in [0, 0.1) is 0 Å². The summed E-state index contributed by atoms with van der Waals surface area (Å²) in [5.74, 6) is 1.32. The van der Waals surface area contributed by atoms with Gasteiger partial charge in [0.15, 0.2) is 0 Å². The Hall–Kier alpha value is -2.71. The van der Waals surface area contributed by atoms with Crippen molar-refractivity contribution in [1.82, 2.24) is 14.3 Å². The van der Waals surface area contributed by atoms with Gasteiger partial charge in [0, 0.05) is 23.2 Å². The lowest BCUT2D eigenvalue weighted by Gasteiger charge is -2.37. The Labute approximate surface area is 164 Å². The van der Waals surface area contributed by atoms with Gasteiger partial charge in [0.1, 0.15) is 11.9 Å². The number of hydrogen-bond acceptors (Lipinski definition) is 6. The molecule has 4 rings (SSSR count). The summed E-state index contributed by atoms with van der Waals surface area (Å²) in [7, 11) is -1.54. The number of fused-ring (bicyclic) bond motifs is 1. The fraction of sp³-hybridized carbons (Fsp3) is 0.300. The van der Waals surface area contributed by atoms with Gasteiger partial charge in [-0.25, -0.2) is 13.4 Å². The molecule has 1 aliphatic rings. The van der Waals surface area contributed by atoms with E-state index in [9.17, 15) is 8.42 Å². The Kier molecular flexibility index (Phi) is 4.91. The lowest BCUT2D eigenvalue weighted by Crippen LogP contribution is -2.56. The summed E-state index contributed by atoms with van der Waals surface area (Å²) >= 11 is 0. The van der Waals surface area contributed by atoms with Crippen molar-refractivity contribution in [2.24, 2.45) is 0 Å². The van der Waals surface area contributed by atoms with Gasteiger partial charge in [-0.05, 0) is 36.8 Å².